The fourth-order valence-corrected chi connectivity index (χ4v) is 3.24. The average Bonchev–Trinajstić information content (AvgIpc) is 2.65. The van der Waals surface area contributed by atoms with Crippen LogP contribution in [0.2, 0.25) is 0 Å². The summed E-state index contributed by atoms with van der Waals surface area (Å²) in [6.45, 7) is 9.95. The van der Waals surface area contributed by atoms with Gasteiger partial charge < -0.3 is 20.4 Å². The number of hydrogen-bond donors (Lipinski definition) is 2. The molecule has 1 saturated heterocycles. The van der Waals surface area contributed by atoms with Crippen molar-refractivity contribution in [3.8, 4) is 0 Å². The Morgan fingerprint density at radius 2 is 1.74 bits per heavy atom. The van der Waals surface area contributed by atoms with Crippen molar-refractivity contribution in [3.63, 3.8) is 0 Å². The summed E-state index contributed by atoms with van der Waals surface area (Å²) in [7, 11) is 2.15. The van der Waals surface area contributed by atoms with Gasteiger partial charge in [0.05, 0.1) is 6.42 Å². The lowest BCUT2D eigenvalue weighted by atomic mass is 10.0. The standard InChI is InChI=1S/C21H34N4O2/c1-17(2)20(23-19(26)16-18-8-5-4-6-9-18)21(27)22-10-7-11-25-14-12-24(3)13-15-25/h4-6,8-9,17,20H,7,10-16H2,1-3H3,(H,22,27)(H,23,26). The van der Waals surface area contributed by atoms with Gasteiger partial charge in [0.2, 0.25) is 11.8 Å². The normalized spacial score (nSPS) is 16.9. The number of nitrogens with zero attached hydrogens (tertiary/aromatic N) is 2. The van der Waals surface area contributed by atoms with E-state index in [4.69, 9.17) is 0 Å². The average molecular weight is 375 g/mol. The quantitative estimate of drug-likeness (QED) is 0.636. The van der Waals surface area contributed by atoms with Gasteiger partial charge >= 0.3 is 0 Å². The van der Waals surface area contributed by atoms with Gasteiger partial charge in [-0.1, -0.05) is 44.2 Å². The number of carbonyl (C=O) groups is 2. The van der Waals surface area contributed by atoms with Gasteiger partial charge in [0.1, 0.15) is 6.04 Å². The maximum Gasteiger partial charge on any atom is 0.242 e. The minimum Gasteiger partial charge on any atom is -0.354 e. The SMILES string of the molecule is CC(C)C(NC(=O)Cc1ccccc1)C(=O)NCCCN1CCN(C)CC1. The Balaban J connectivity index is 1.71. The summed E-state index contributed by atoms with van der Waals surface area (Å²) in [5, 5.41) is 5.88. The highest BCUT2D eigenvalue weighted by Crippen LogP contribution is 2.05. The fraction of sp³-hybridized carbons (Fsp3) is 0.619. The van der Waals surface area contributed by atoms with Crippen molar-refractivity contribution in [3.05, 3.63) is 35.9 Å². The van der Waals surface area contributed by atoms with Crippen LogP contribution in [0.5, 0.6) is 0 Å². The lowest BCUT2D eigenvalue weighted by molar-refractivity contribution is -0.129. The Bertz CT molecular complexity index is 583. The third-order valence-corrected chi connectivity index (χ3v) is 5.02. The van der Waals surface area contributed by atoms with E-state index in [1.807, 2.05) is 44.2 Å². The topological polar surface area (TPSA) is 64.7 Å². The first-order valence-corrected chi connectivity index (χ1v) is 9.97. The number of rotatable bonds is 9. The summed E-state index contributed by atoms with van der Waals surface area (Å²) < 4.78 is 0. The molecule has 1 aromatic carbocycles. The highest BCUT2D eigenvalue weighted by molar-refractivity contribution is 5.88. The third kappa shape index (κ3) is 7.69. The van der Waals surface area contributed by atoms with Gasteiger partial charge in [-0.15, -0.1) is 0 Å². The number of hydrogen-bond acceptors (Lipinski definition) is 4. The van der Waals surface area contributed by atoms with Crippen LogP contribution in [-0.2, 0) is 16.0 Å². The summed E-state index contributed by atoms with van der Waals surface area (Å²) >= 11 is 0. The molecule has 2 rings (SSSR count). The van der Waals surface area contributed by atoms with E-state index < -0.39 is 6.04 Å². The molecule has 150 valence electrons. The van der Waals surface area contributed by atoms with Crippen LogP contribution in [0, 0.1) is 5.92 Å². The summed E-state index contributed by atoms with van der Waals surface area (Å²) in [5.74, 6) is -0.167. The largest absolute Gasteiger partial charge is 0.354 e. The van der Waals surface area contributed by atoms with Crippen LogP contribution in [0.25, 0.3) is 0 Å². The Labute approximate surface area is 163 Å². The number of carbonyl (C=O) groups excluding carboxylic acids is 2. The number of nitrogens with one attached hydrogen (secondary N) is 2. The van der Waals surface area contributed by atoms with Gasteiger partial charge in [0.25, 0.3) is 0 Å². The van der Waals surface area contributed by atoms with Crippen LogP contribution in [0.1, 0.15) is 25.8 Å². The summed E-state index contributed by atoms with van der Waals surface area (Å²) in [6.07, 6.45) is 1.22. The molecule has 1 unspecified atom stereocenters. The van der Waals surface area contributed by atoms with Crippen molar-refractivity contribution in [1.82, 2.24) is 20.4 Å². The highest BCUT2D eigenvalue weighted by Gasteiger charge is 2.24. The van der Waals surface area contributed by atoms with Crippen molar-refractivity contribution in [2.24, 2.45) is 5.92 Å². The first-order valence-electron chi connectivity index (χ1n) is 9.97. The van der Waals surface area contributed by atoms with Crippen LogP contribution in [0.4, 0.5) is 0 Å². The van der Waals surface area contributed by atoms with Crippen molar-refractivity contribution >= 4 is 11.8 Å². The Hall–Kier alpha value is -1.92. The zero-order valence-corrected chi connectivity index (χ0v) is 16.9. The first kappa shape index (κ1) is 21.4. The fourth-order valence-electron chi connectivity index (χ4n) is 3.24. The molecule has 6 nitrogen and oxygen atoms in total. The van der Waals surface area contributed by atoms with Crippen molar-refractivity contribution < 1.29 is 9.59 Å². The molecule has 27 heavy (non-hydrogen) atoms. The summed E-state index contributed by atoms with van der Waals surface area (Å²) in [4.78, 5) is 29.6. The number of piperazine rings is 1. The van der Waals surface area contributed by atoms with Crippen LogP contribution >= 0.6 is 0 Å². The molecule has 0 aromatic heterocycles. The Morgan fingerprint density at radius 1 is 1.07 bits per heavy atom. The number of likely N-dealkylation sites (N-methyl/N-ethyl adjacent to an activating group) is 1. The minimum atomic E-state index is -0.496. The van der Waals surface area contributed by atoms with Gasteiger partial charge in [-0.25, -0.2) is 0 Å². The molecule has 0 bridgehead atoms. The van der Waals surface area contributed by atoms with E-state index in [9.17, 15) is 9.59 Å². The van der Waals surface area contributed by atoms with Gasteiger partial charge in [-0.3, -0.25) is 9.59 Å². The van der Waals surface area contributed by atoms with Crippen LogP contribution in [0.15, 0.2) is 30.3 Å². The molecule has 0 aliphatic carbocycles. The summed E-state index contributed by atoms with van der Waals surface area (Å²) in [5.41, 5.74) is 0.949. The molecule has 2 amide bonds. The predicted molar refractivity (Wildman–Crippen MR) is 108 cm³/mol. The van der Waals surface area contributed by atoms with Crippen LogP contribution in [0.3, 0.4) is 0 Å². The van der Waals surface area contributed by atoms with E-state index in [1.165, 1.54) is 0 Å². The minimum absolute atomic E-state index is 0.0438. The lowest BCUT2D eigenvalue weighted by Crippen LogP contribution is -2.50. The highest BCUT2D eigenvalue weighted by atomic mass is 16.2. The molecule has 6 heteroatoms. The lowest BCUT2D eigenvalue weighted by Gasteiger charge is -2.32. The van der Waals surface area contributed by atoms with E-state index in [0.717, 1.165) is 44.7 Å². The molecule has 1 atom stereocenters. The molecule has 1 heterocycles. The van der Waals surface area contributed by atoms with Crippen LogP contribution < -0.4 is 10.6 Å². The Morgan fingerprint density at radius 3 is 2.37 bits per heavy atom. The van der Waals surface area contributed by atoms with E-state index in [1.54, 1.807) is 0 Å². The van der Waals surface area contributed by atoms with Crippen LogP contribution in [-0.4, -0.2) is 74.0 Å². The molecular weight excluding hydrogens is 340 g/mol. The van der Waals surface area contributed by atoms with E-state index in [0.29, 0.717) is 13.0 Å². The smallest absolute Gasteiger partial charge is 0.242 e. The molecule has 1 aliphatic rings. The maximum atomic E-state index is 12.5. The number of benzene rings is 1. The summed E-state index contributed by atoms with van der Waals surface area (Å²) in [6, 6.07) is 9.09. The van der Waals surface area contributed by atoms with Gasteiger partial charge in [-0.2, -0.15) is 0 Å². The third-order valence-electron chi connectivity index (χ3n) is 5.02. The van der Waals surface area contributed by atoms with E-state index in [-0.39, 0.29) is 17.7 Å². The molecule has 0 saturated carbocycles. The first-order chi connectivity index (χ1) is 13.0. The number of amides is 2. The molecule has 0 spiro atoms. The van der Waals surface area contributed by atoms with Gasteiger partial charge in [0.15, 0.2) is 0 Å². The molecule has 1 fully saturated rings. The monoisotopic (exact) mass is 374 g/mol. The van der Waals surface area contributed by atoms with E-state index >= 15 is 0 Å². The van der Waals surface area contributed by atoms with E-state index in [2.05, 4.69) is 27.5 Å². The molecule has 2 N–H and O–H groups in total. The molecule has 1 aliphatic heterocycles. The second-order valence-corrected chi connectivity index (χ2v) is 7.74. The zero-order chi connectivity index (χ0) is 19.6. The maximum absolute atomic E-state index is 12.5. The zero-order valence-electron chi connectivity index (χ0n) is 16.9. The molecular formula is C21H34N4O2. The molecule has 0 radical (unpaired) electrons. The van der Waals surface area contributed by atoms with Crippen molar-refractivity contribution in [2.45, 2.75) is 32.7 Å². The van der Waals surface area contributed by atoms with Gasteiger partial charge in [0, 0.05) is 32.7 Å². The molecule has 1 aromatic rings. The van der Waals surface area contributed by atoms with Crippen molar-refractivity contribution in [2.75, 3.05) is 46.3 Å². The predicted octanol–water partition coefficient (Wildman–Crippen LogP) is 1.12. The van der Waals surface area contributed by atoms with Gasteiger partial charge in [-0.05, 0) is 31.5 Å². The van der Waals surface area contributed by atoms with Crippen molar-refractivity contribution in [1.29, 1.82) is 0 Å². The Kier molecular flexibility index (Phi) is 8.75. The second-order valence-electron chi connectivity index (χ2n) is 7.74. The second kappa shape index (κ2) is 11.0.